The summed E-state index contributed by atoms with van der Waals surface area (Å²) in [5, 5.41) is 2.95. The molecule has 11 heteroatoms. The van der Waals surface area contributed by atoms with Gasteiger partial charge in [0.1, 0.15) is 17.2 Å². The molecule has 0 fully saturated rings. The second-order valence-electron chi connectivity index (χ2n) is 6.62. The van der Waals surface area contributed by atoms with Gasteiger partial charge in [-0.05, 0) is 48.5 Å². The van der Waals surface area contributed by atoms with E-state index in [2.05, 4.69) is 10.0 Å². The first-order valence-electron chi connectivity index (χ1n) is 9.37. The smallest absolute Gasteiger partial charge is 0.262 e. The molecule has 0 bridgehead atoms. The fourth-order valence-corrected chi connectivity index (χ4v) is 4.39. The van der Waals surface area contributed by atoms with Crippen molar-refractivity contribution >= 4 is 50.5 Å². The summed E-state index contributed by atoms with van der Waals surface area (Å²) < 4.78 is 43.9. The van der Waals surface area contributed by atoms with Gasteiger partial charge < -0.3 is 19.5 Å². The predicted octanol–water partition coefficient (Wildman–Crippen LogP) is 5.07. The first-order valence-corrected chi connectivity index (χ1v) is 11.6. The molecule has 174 valence electrons. The van der Waals surface area contributed by atoms with E-state index in [0.717, 1.165) is 0 Å². The summed E-state index contributed by atoms with van der Waals surface area (Å²) in [5.41, 5.74) is 0.568. The summed E-state index contributed by atoms with van der Waals surface area (Å²) in [6, 6.07) is 13.3. The quantitative estimate of drug-likeness (QED) is 0.438. The molecule has 0 radical (unpaired) electrons. The van der Waals surface area contributed by atoms with Crippen molar-refractivity contribution in [2.75, 3.05) is 31.4 Å². The minimum Gasteiger partial charge on any atom is -0.497 e. The monoisotopic (exact) mass is 510 g/mol. The highest BCUT2D eigenvalue weighted by Gasteiger charge is 2.21. The van der Waals surface area contributed by atoms with Gasteiger partial charge in [0.05, 0.1) is 47.5 Å². The third kappa shape index (κ3) is 5.62. The van der Waals surface area contributed by atoms with Crippen LogP contribution in [-0.4, -0.2) is 35.7 Å². The van der Waals surface area contributed by atoms with Crippen LogP contribution in [0.1, 0.15) is 10.4 Å². The van der Waals surface area contributed by atoms with Crippen molar-refractivity contribution in [3.8, 4) is 17.2 Å². The van der Waals surface area contributed by atoms with Crippen LogP contribution in [0.3, 0.4) is 0 Å². The van der Waals surface area contributed by atoms with Crippen molar-refractivity contribution in [2.24, 2.45) is 0 Å². The fraction of sp³-hybridized carbons (Fsp3) is 0.136. The van der Waals surface area contributed by atoms with Crippen LogP contribution in [0.4, 0.5) is 11.4 Å². The number of methoxy groups -OCH3 is 3. The molecule has 0 saturated heterocycles. The van der Waals surface area contributed by atoms with E-state index < -0.39 is 15.9 Å². The van der Waals surface area contributed by atoms with Crippen molar-refractivity contribution in [2.45, 2.75) is 4.90 Å². The van der Waals surface area contributed by atoms with Crippen molar-refractivity contribution in [3.63, 3.8) is 0 Å². The van der Waals surface area contributed by atoms with Gasteiger partial charge in [-0.15, -0.1) is 0 Å². The van der Waals surface area contributed by atoms with E-state index in [9.17, 15) is 13.2 Å². The lowest BCUT2D eigenvalue weighted by Gasteiger charge is -2.15. The molecule has 0 saturated carbocycles. The molecule has 0 aliphatic heterocycles. The number of anilines is 2. The van der Waals surface area contributed by atoms with Crippen LogP contribution in [0.5, 0.6) is 17.2 Å². The van der Waals surface area contributed by atoms with Crippen LogP contribution in [-0.2, 0) is 10.0 Å². The lowest BCUT2D eigenvalue weighted by atomic mass is 10.2. The van der Waals surface area contributed by atoms with Crippen LogP contribution < -0.4 is 24.2 Å². The lowest BCUT2D eigenvalue weighted by Crippen LogP contribution is -2.17. The maximum absolute atomic E-state index is 13.0. The molecule has 3 rings (SSSR count). The minimum absolute atomic E-state index is 0.0184. The lowest BCUT2D eigenvalue weighted by molar-refractivity contribution is 0.102. The summed E-state index contributed by atoms with van der Waals surface area (Å²) in [6.45, 7) is 0. The number of ether oxygens (including phenoxy) is 3. The van der Waals surface area contributed by atoms with Gasteiger partial charge in [-0.2, -0.15) is 0 Å². The Kier molecular flexibility index (Phi) is 7.57. The van der Waals surface area contributed by atoms with E-state index in [1.54, 1.807) is 24.3 Å². The van der Waals surface area contributed by atoms with Crippen molar-refractivity contribution in [3.05, 3.63) is 70.2 Å². The Hall–Kier alpha value is -3.14. The number of carbonyl (C=O) groups is 1. The molecule has 0 aliphatic carbocycles. The molecule has 0 aromatic heterocycles. The summed E-state index contributed by atoms with van der Waals surface area (Å²) >= 11 is 12.3. The van der Waals surface area contributed by atoms with Gasteiger partial charge in [-0.1, -0.05) is 23.2 Å². The maximum atomic E-state index is 13.0. The third-order valence-corrected chi connectivity index (χ3v) is 6.55. The Morgan fingerprint density at radius 1 is 0.818 bits per heavy atom. The van der Waals surface area contributed by atoms with Crippen molar-refractivity contribution in [1.82, 2.24) is 0 Å². The summed E-state index contributed by atoms with van der Waals surface area (Å²) in [7, 11) is 0.216. The topological polar surface area (TPSA) is 103 Å². The third-order valence-electron chi connectivity index (χ3n) is 4.56. The zero-order chi connectivity index (χ0) is 24.2. The molecule has 0 heterocycles. The Labute approximate surface area is 201 Å². The number of amides is 1. The normalized spacial score (nSPS) is 10.9. The van der Waals surface area contributed by atoms with Crippen LogP contribution in [0.15, 0.2) is 59.5 Å². The molecule has 0 aliphatic rings. The van der Waals surface area contributed by atoms with E-state index in [4.69, 9.17) is 37.4 Å². The highest BCUT2D eigenvalue weighted by atomic mass is 35.5. The zero-order valence-corrected chi connectivity index (χ0v) is 20.1. The number of hydrogen-bond donors (Lipinski definition) is 2. The minimum atomic E-state index is -4.12. The van der Waals surface area contributed by atoms with Gasteiger partial charge in [-0.3, -0.25) is 9.52 Å². The van der Waals surface area contributed by atoms with Gasteiger partial charge in [0.2, 0.25) is 0 Å². The second kappa shape index (κ2) is 10.2. The van der Waals surface area contributed by atoms with Gasteiger partial charge in [0, 0.05) is 11.8 Å². The van der Waals surface area contributed by atoms with E-state index >= 15 is 0 Å². The Bertz CT molecular complexity index is 1280. The van der Waals surface area contributed by atoms with E-state index in [1.165, 1.54) is 51.7 Å². The van der Waals surface area contributed by atoms with Gasteiger partial charge >= 0.3 is 0 Å². The largest absolute Gasteiger partial charge is 0.497 e. The van der Waals surface area contributed by atoms with Crippen LogP contribution in [0.2, 0.25) is 10.0 Å². The van der Waals surface area contributed by atoms with Crippen molar-refractivity contribution in [1.29, 1.82) is 0 Å². The summed E-state index contributed by atoms with van der Waals surface area (Å²) in [4.78, 5) is 12.6. The van der Waals surface area contributed by atoms with Gasteiger partial charge in [-0.25, -0.2) is 8.42 Å². The highest BCUT2D eigenvalue weighted by Crippen LogP contribution is 2.37. The zero-order valence-electron chi connectivity index (χ0n) is 17.8. The van der Waals surface area contributed by atoms with Crippen LogP contribution in [0, 0.1) is 0 Å². The standard InChI is InChI=1S/C22H20Cl2N2O6S/c1-30-14-6-4-13(5-7-14)25-22(27)16-10-15(8-9-17(16)23)33(28,29)26-19-11-18(24)20(31-2)12-21(19)32-3/h4-12,26H,1-3H3,(H,25,27). The fourth-order valence-electron chi connectivity index (χ4n) is 2.86. The molecule has 0 atom stereocenters. The first-order chi connectivity index (χ1) is 15.7. The molecule has 3 aromatic rings. The molecular formula is C22H20Cl2N2O6S. The number of sulfonamides is 1. The number of carbonyl (C=O) groups excluding carboxylic acids is 1. The van der Waals surface area contributed by atoms with Gasteiger partial charge in [0.15, 0.2) is 0 Å². The Morgan fingerprint density at radius 3 is 2.09 bits per heavy atom. The molecule has 3 aromatic carbocycles. The number of nitrogens with one attached hydrogen (secondary N) is 2. The molecule has 0 unspecified atom stereocenters. The average Bonchev–Trinajstić information content (AvgIpc) is 2.79. The van der Waals surface area contributed by atoms with E-state index in [1.807, 2.05) is 0 Å². The SMILES string of the molecule is COc1ccc(NC(=O)c2cc(S(=O)(=O)Nc3cc(Cl)c(OC)cc3OC)ccc2Cl)cc1. The molecule has 8 nitrogen and oxygen atoms in total. The first kappa shape index (κ1) is 24.5. The Balaban J connectivity index is 1.90. The molecular weight excluding hydrogens is 491 g/mol. The maximum Gasteiger partial charge on any atom is 0.262 e. The Morgan fingerprint density at radius 2 is 1.48 bits per heavy atom. The molecule has 1 amide bonds. The van der Waals surface area contributed by atoms with E-state index in [0.29, 0.717) is 17.2 Å². The average molecular weight is 511 g/mol. The molecule has 33 heavy (non-hydrogen) atoms. The van der Waals surface area contributed by atoms with E-state index in [-0.39, 0.29) is 31.9 Å². The molecule has 0 spiro atoms. The van der Waals surface area contributed by atoms with Gasteiger partial charge in [0.25, 0.3) is 15.9 Å². The van der Waals surface area contributed by atoms with Crippen molar-refractivity contribution < 1.29 is 27.4 Å². The predicted molar refractivity (Wildman–Crippen MR) is 128 cm³/mol. The molecule has 2 N–H and O–H groups in total. The summed E-state index contributed by atoms with van der Waals surface area (Å²) in [6.07, 6.45) is 0. The van der Waals surface area contributed by atoms with Crippen LogP contribution in [0.25, 0.3) is 0 Å². The summed E-state index contributed by atoms with van der Waals surface area (Å²) in [5.74, 6) is 0.568. The number of hydrogen-bond acceptors (Lipinski definition) is 6. The second-order valence-corrected chi connectivity index (χ2v) is 9.11. The highest BCUT2D eigenvalue weighted by molar-refractivity contribution is 7.92. The number of halogens is 2. The number of rotatable bonds is 8. The number of benzene rings is 3. The van der Waals surface area contributed by atoms with Crippen LogP contribution >= 0.6 is 23.2 Å².